The third-order valence-corrected chi connectivity index (χ3v) is 4.44. The Hall–Kier alpha value is -0.0800. The first-order valence-electron chi connectivity index (χ1n) is 6.42. The van der Waals surface area contributed by atoms with Gasteiger partial charge >= 0.3 is 0 Å². The summed E-state index contributed by atoms with van der Waals surface area (Å²) in [6, 6.07) is 0.392. The van der Waals surface area contributed by atoms with Crippen molar-refractivity contribution in [1.29, 1.82) is 0 Å². The fourth-order valence-electron chi connectivity index (χ4n) is 3.05. The molecule has 1 saturated heterocycles. The van der Waals surface area contributed by atoms with Gasteiger partial charge in [0.25, 0.3) is 0 Å². The van der Waals surface area contributed by atoms with E-state index in [2.05, 4.69) is 13.8 Å². The van der Waals surface area contributed by atoms with E-state index in [0.717, 1.165) is 19.1 Å². The second-order valence-corrected chi connectivity index (χ2v) is 6.20. The lowest BCUT2D eigenvalue weighted by atomic mass is 9.69. The molecular weight excluding hydrogens is 186 g/mol. The van der Waals surface area contributed by atoms with E-state index >= 15 is 0 Å². The Morgan fingerprint density at radius 1 is 1.13 bits per heavy atom. The van der Waals surface area contributed by atoms with Crippen LogP contribution in [0.4, 0.5) is 0 Å². The predicted octanol–water partition coefficient (Wildman–Crippen LogP) is 2.57. The van der Waals surface area contributed by atoms with Crippen molar-refractivity contribution < 1.29 is 4.74 Å². The van der Waals surface area contributed by atoms with Gasteiger partial charge in [0.15, 0.2) is 0 Å². The second kappa shape index (κ2) is 4.42. The highest BCUT2D eigenvalue weighted by Crippen LogP contribution is 2.40. The average Bonchev–Trinajstić information content (AvgIpc) is 2.69. The number of ether oxygens (including phenoxy) is 1. The molecule has 1 saturated carbocycles. The summed E-state index contributed by atoms with van der Waals surface area (Å²) < 4.78 is 5.43. The van der Waals surface area contributed by atoms with Gasteiger partial charge in [-0.15, -0.1) is 0 Å². The van der Waals surface area contributed by atoms with Crippen molar-refractivity contribution in [3.05, 3.63) is 0 Å². The van der Waals surface area contributed by atoms with Gasteiger partial charge in [-0.1, -0.05) is 13.8 Å². The van der Waals surface area contributed by atoms with Crippen molar-refractivity contribution in [2.45, 2.75) is 52.0 Å². The molecule has 0 radical (unpaired) electrons. The summed E-state index contributed by atoms with van der Waals surface area (Å²) in [4.78, 5) is 0. The summed E-state index contributed by atoms with van der Waals surface area (Å²) in [5.74, 6) is 1.39. The molecule has 2 heteroatoms. The van der Waals surface area contributed by atoms with E-state index in [1.165, 1.54) is 32.1 Å². The van der Waals surface area contributed by atoms with Crippen molar-refractivity contribution >= 4 is 0 Å². The molecular formula is C13H25NO. The van der Waals surface area contributed by atoms with Gasteiger partial charge in [-0.3, -0.25) is 0 Å². The average molecular weight is 211 g/mol. The van der Waals surface area contributed by atoms with E-state index in [4.69, 9.17) is 10.5 Å². The van der Waals surface area contributed by atoms with Gasteiger partial charge in [0.2, 0.25) is 0 Å². The number of hydrogen-bond acceptors (Lipinski definition) is 2. The van der Waals surface area contributed by atoms with E-state index in [1.807, 2.05) is 0 Å². The van der Waals surface area contributed by atoms with Gasteiger partial charge in [-0.25, -0.2) is 0 Å². The Morgan fingerprint density at radius 3 is 2.33 bits per heavy atom. The normalized spacial score (nSPS) is 34.2. The van der Waals surface area contributed by atoms with Crippen LogP contribution in [-0.4, -0.2) is 19.3 Å². The Morgan fingerprint density at radius 2 is 1.80 bits per heavy atom. The Bertz CT molecular complexity index is 199. The van der Waals surface area contributed by atoms with Crippen LogP contribution in [0.5, 0.6) is 0 Å². The minimum atomic E-state index is 0.392. The molecule has 2 N–H and O–H groups in total. The maximum absolute atomic E-state index is 6.36. The summed E-state index contributed by atoms with van der Waals surface area (Å²) in [6.45, 7) is 6.60. The van der Waals surface area contributed by atoms with E-state index in [-0.39, 0.29) is 0 Å². The zero-order valence-electron chi connectivity index (χ0n) is 10.2. The van der Waals surface area contributed by atoms with Crippen LogP contribution in [0, 0.1) is 17.3 Å². The molecule has 2 aliphatic rings. The Balaban J connectivity index is 1.84. The van der Waals surface area contributed by atoms with Gasteiger partial charge in [0.05, 0.1) is 6.61 Å². The maximum atomic E-state index is 6.36. The fourth-order valence-corrected chi connectivity index (χ4v) is 3.05. The van der Waals surface area contributed by atoms with Gasteiger partial charge in [-0.05, 0) is 49.4 Å². The molecule has 88 valence electrons. The highest BCUT2D eigenvalue weighted by Gasteiger charge is 2.34. The summed E-state index contributed by atoms with van der Waals surface area (Å²) in [7, 11) is 0. The summed E-state index contributed by atoms with van der Waals surface area (Å²) >= 11 is 0. The quantitative estimate of drug-likeness (QED) is 0.762. The van der Waals surface area contributed by atoms with Crippen molar-refractivity contribution in [3.8, 4) is 0 Å². The molecule has 15 heavy (non-hydrogen) atoms. The lowest BCUT2D eigenvalue weighted by molar-refractivity contribution is 0.136. The van der Waals surface area contributed by atoms with Crippen LogP contribution in [-0.2, 0) is 4.74 Å². The van der Waals surface area contributed by atoms with Crippen LogP contribution in [0.1, 0.15) is 46.0 Å². The van der Waals surface area contributed by atoms with Gasteiger partial charge in [0.1, 0.15) is 0 Å². The smallest absolute Gasteiger partial charge is 0.0510 e. The van der Waals surface area contributed by atoms with E-state index in [1.54, 1.807) is 0 Å². The van der Waals surface area contributed by atoms with Crippen molar-refractivity contribution in [2.75, 3.05) is 13.2 Å². The Kier molecular flexibility index (Phi) is 3.36. The van der Waals surface area contributed by atoms with E-state index in [0.29, 0.717) is 17.4 Å². The predicted molar refractivity (Wildman–Crippen MR) is 62.6 cm³/mol. The molecule has 2 nitrogen and oxygen atoms in total. The van der Waals surface area contributed by atoms with Crippen molar-refractivity contribution in [2.24, 2.45) is 23.0 Å². The van der Waals surface area contributed by atoms with Crippen LogP contribution in [0.25, 0.3) is 0 Å². The first kappa shape index (κ1) is 11.4. The molecule has 2 unspecified atom stereocenters. The highest BCUT2D eigenvalue weighted by atomic mass is 16.5. The molecule has 0 amide bonds. The standard InChI is InChI=1S/C13H25NO/c1-13(2)6-3-10(4-7-13)12(14)11-5-8-15-9-11/h10-12H,3-9,14H2,1-2H3. The summed E-state index contributed by atoms with van der Waals surface area (Å²) in [5.41, 5.74) is 6.92. The molecule has 2 fully saturated rings. The maximum Gasteiger partial charge on any atom is 0.0510 e. The zero-order chi connectivity index (χ0) is 10.9. The third kappa shape index (κ3) is 2.73. The molecule has 1 aliphatic heterocycles. The molecule has 2 atom stereocenters. The van der Waals surface area contributed by atoms with Crippen LogP contribution >= 0.6 is 0 Å². The molecule has 1 aliphatic carbocycles. The van der Waals surface area contributed by atoms with Gasteiger partial charge in [-0.2, -0.15) is 0 Å². The van der Waals surface area contributed by atoms with Gasteiger partial charge < -0.3 is 10.5 Å². The van der Waals surface area contributed by atoms with Crippen LogP contribution in [0.15, 0.2) is 0 Å². The zero-order valence-corrected chi connectivity index (χ0v) is 10.2. The largest absolute Gasteiger partial charge is 0.381 e. The van der Waals surface area contributed by atoms with E-state index in [9.17, 15) is 0 Å². The van der Waals surface area contributed by atoms with E-state index < -0.39 is 0 Å². The van der Waals surface area contributed by atoms with Gasteiger partial charge in [0, 0.05) is 12.6 Å². The van der Waals surface area contributed by atoms with Crippen LogP contribution in [0.2, 0.25) is 0 Å². The molecule has 2 rings (SSSR count). The van der Waals surface area contributed by atoms with Crippen LogP contribution < -0.4 is 5.73 Å². The first-order chi connectivity index (χ1) is 7.08. The van der Waals surface area contributed by atoms with Crippen LogP contribution in [0.3, 0.4) is 0 Å². The molecule has 0 bridgehead atoms. The summed E-state index contributed by atoms with van der Waals surface area (Å²) in [6.07, 6.45) is 6.52. The fraction of sp³-hybridized carbons (Fsp3) is 1.00. The monoisotopic (exact) mass is 211 g/mol. The summed E-state index contributed by atoms with van der Waals surface area (Å²) in [5, 5.41) is 0. The molecule has 0 aromatic carbocycles. The first-order valence-corrected chi connectivity index (χ1v) is 6.42. The number of nitrogens with two attached hydrogens (primary N) is 1. The lowest BCUT2D eigenvalue weighted by Gasteiger charge is -2.38. The molecule has 0 spiro atoms. The second-order valence-electron chi connectivity index (χ2n) is 6.20. The molecule has 0 aromatic rings. The minimum Gasteiger partial charge on any atom is -0.381 e. The van der Waals surface area contributed by atoms with Crippen molar-refractivity contribution in [1.82, 2.24) is 0 Å². The minimum absolute atomic E-state index is 0.392. The molecule has 1 heterocycles. The highest BCUT2D eigenvalue weighted by molar-refractivity contribution is 4.88. The topological polar surface area (TPSA) is 35.2 Å². The SMILES string of the molecule is CC1(C)CCC(C(N)C2CCOC2)CC1. The van der Waals surface area contributed by atoms with Crippen molar-refractivity contribution in [3.63, 3.8) is 0 Å². The Labute approximate surface area is 93.6 Å². The lowest BCUT2D eigenvalue weighted by Crippen LogP contribution is -2.40. The number of rotatable bonds is 2. The number of hydrogen-bond donors (Lipinski definition) is 1. The molecule has 0 aromatic heterocycles. The third-order valence-electron chi connectivity index (χ3n) is 4.44.